The first-order chi connectivity index (χ1) is 13.3. The Morgan fingerprint density at radius 1 is 1.32 bits per heavy atom. The first-order valence-corrected chi connectivity index (χ1v) is 9.01. The molecule has 0 spiro atoms. The molecule has 28 heavy (non-hydrogen) atoms. The molecule has 5 nitrogen and oxygen atoms in total. The van der Waals surface area contributed by atoms with Crippen molar-refractivity contribution in [2.45, 2.75) is 38.9 Å². The van der Waals surface area contributed by atoms with Crippen molar-refractivity contribution in [1.29, 1.82) is 5.26 Å². The molecule has 0 atom stereocenters. The maximum absolute atomic E-state index is 13.2. The summed E-state index contributed by atoms with van der Waals surface area (Å²) in [6, 6.07) is 6.95. The van der Waals surface area contributed by atoms with E-state index in [1.54, 1.807) is 17.9 Å². The molecule has 1 fully saturated rings. The van der Waals surface area contributed by atoms with Crippen LogP contribution in [0.2, 0.25) is 0 Å². The maximum Gasteiger partial charge on any atom is 0.416 e. The quantitative estimate of drug-likeness (QED) is 0.750. The molecule has 1 amide bonds. The number of nitrogens with zero attached hydrogens (tertiary/aromatic N) is 4. The summed E-state index contributed by atoms with van der Waals surface area (Å²) in [5.74, 6) is 0.181. The molecule has 1 saturated carbocycles. The van der Waals surface area contributed by atoms with Crippen molar-refractivity contribution in [1.82, 2.24) is 14.9 Å². The molecule has 3 rings (SSSR count). The van der Waals surface area contributed by atoms with E-state index in [-0.39, 0.29) is 30.6 Å². The van der Waals surface area contributed by atoms with Gasteiger partial charge in [0.1, 0.15) is 0 Å². The Hall–Kier alpha value is -2.95. The van der Waals surface area contributed by atoms with E-state index in [1.165, 1.54) is 12.3 Å². The normalized spacial score (nSPS) is 13.8. The second-order valence-corrected chi connectivity index (χ2v) is 6.70. The van der Waals surface area contributed by atoms with Gasteiger partial charge in [0.15, 0.2) is 5.82 Å². The number of aromatic nitrogens is 2. The highest BCUT2D eigenvalue weighted by atomic mass is 19.4. The van der Waals surface area contributed by atoms with Gasteiger partial charge >= 0.3 is 6.18 Å². The van der Waals surface area contributed by atoms with Gasteiger partial charge in [-0.05, 0) is 43.5 Å². The lowest BCUT2D eigenvalue weighted by Crippen LogP contribution is -2.31. The van der Waals surface area contributed by atoms with Gasteiger partial charge in [-0.25, -0.2) is 9.97 Å². The molecule has 0 aliphatic heterocycles. The summed E-state index contributed by atoms with van der Waals surface area (Å²) in [6.45, 7) is 2.26. The molecular weight excluding hydrogens is 369 g/mol. The summed E-state index contributed by atoms with van der Waals surface area (Å²) in [5, 5.41) is 8.85. The molecule has 1 aliphatic rings. The highest BCUT2D eigenvalue weighted by molar-refractivity contribution is 5.81. The Morgan fingerprint density at radius 3 is 2.68 bits per heavy atom. The number of carbonyl (C=O) groups excluding carboxylic acids is 1. The predicted octanol–water partition coefficient (Wildman–Crippen LogP) is 3.99. The first-order valence-electron chi connectivity index (χ1n) is 9.01. The van der Waals surface area contributed by atoms with Crippen LogP contribution in [0.3, 0.4) is 0 Å². The lowest BCUT2D eigenvalue weighted by atomic mass is 10.0. The molecule has 0 N–H and O–H groups in total. The second-order valence-electron chi connectivity index (χ2n) is 6.70. The van der Waals surface area contributed by atoms with E-state index in [4.69, 9.17) is 5.26 Å². The minimum atomic E-state index is -4.49. The molecule has 0 bridgehead atoms. The van der Waals surface area contributed by atoms with Crippen LogP contribution in [-0.4, -0.2) is 27.3 Å². The number of hydrogen-bond acceptors (Lipinski definition) is 4. The largest absolute Gasteiger partial charge is 0.416 e. The summed E-state index contributed by atoms with van der Waals surface area (Å²) in [4.78, 5) is 22.5. The second kappa shape index (κ2) is 7.97. The molecule has 1 aromatic heterocycles. The summed E-state index contributed by atoms with van der Waals surface area (Å²) >= 11 is 0. The Kier molecular flexibility index (Phi) is 5.63. The van der Waals surface area contributed by atoms with Crippen LogP contribution in [0.25, 0.3) is 11.4 Å². The fraction of sp³-hybridized carbons (Fsp3) is 0.400. The van der Waals surface area contributed by atoms with Crippen LogP contribution in [0, 0.1) is 17.2 Å². The number of rotatable bonds is 6. The van der Waals surface area contributed by atoms with Crippen molar-refractivity contribution in [3.05, 3.63) is 47.3 Å². The molecule has 0 saturated heterocycles. The molecule has 1 aliphatic carbocycles. The third-order valence-corrected chi connectivity index (χ3v) is 4.63. The molecular formula is C20H19F3N4O. The van der Waals surface area contributed by atoms with Gasteiger partial charge in [-0.1, -0.05) is 6.07 Å². The van der Waals surface area contributed by atoms with Crippen molar-refractivity contribution >= 4 is 5.91 Å². The topological polar surface area (TPSA) is 69.9 Å². The highest BCUT2D eigenvalue weighted by Crippen LogP contribution is 2.35. The molecule has 1 heterocycles. The van der Waals surface area contributed by atoms with Crippen molar-refractivity contribution in [3.8, 4) is 17.5 Å². The number of carbonyl (C=O) groups is 1. The van der Waals surface area contributed by atoms with Crippen molar-refractivity contribution in [2.75, 3.05) is 6.54 Å². The van der Waals surface area contributed by atoms with E-state index < -0.39 is 11.7 Å². The van der Waals surface area contributed by atoms with E-state index in [0.717, 1.165) is 25.0 Å². The van der Waals surface area contributed by atoms with Crippen LogP contribution in [0.1, 0.15) is 36.6 Å². The zero-order valence-corrected chi connectivity index (χ0v) is 15.3. The van der Waals surface area contributed by atoms with Crippen LogP contribution in [0.15, 0.2) is 30.5 Å². The van der Waals surface area contributed by atoms with Crippen molar-refractivity contribution in [2.24, 2.45) is 5.92 Å². The average Bonchev–Trinajstić information content (AvgIpc) is 3.50. The summed E-state index contributed by atoms with van der Waals surface area (Å²) < 4.78 is 39.7. The number of halogens is 3. The third kappa shape index (κ3) is 4.47. The number of nitriles is 1. The van der Waals surface area contributed by atoms with Gasteiger partial charge in [-0.15, -0.1) is 0 Å². The monoisotopic (exact) mass is 388 g/mol. The summed E-state index contributed by atoms with van der Waals surface area (Å²) in [6.07, 6.45) is -1.29. The zero-order chi connectivity index (χ0) is 20.3. The van der Waals surface area contributed by atoms with Crippen LogP contribution in [0.5, 0.6) is 0 Å². The average molecular weight is 388 g/mol. The van der Waals surface area contributed by atoms with Gasteiger partial charge in [0.2, 0.25) is 5.91 Å². The van der Waals surface area contributed by atoms with Gasteiger partial charge in [-0.2, -0.15) is 18.4 Å². The molecule has 8 heteroatoms. The molecule has 0 radical (unpaired) electrons. The predicted molar refractivity (Wildman–Crippen MR) is 95.6 cm³/mol. The number of benzene rings is 1. The molecule has 146 valence electrons. The maximum atomic E-state index is 13.2. The van der Waals surface area contributed by atoms with Crippen LogP contribution in [-0.2, 0) is 23.9 Å². The SMILES string of the molecule is CCN(Cc1cc(C(F)(F)F)ccc1-c1nccc(CC#N)n1)C(=O)C1CC1. The molecule has 1 aromatic carbocycles. The fourth-order valence-electron chi connectivity index (χ4n) is 2.96. The molecule has 2 aromatic rings. The highest BCUT2D eigenvalue weighted by Gasteiger charge is 2.34. The zero-order valence-electron chi connectivity index (χ0n) is 15.3. The summed E-state index contributed by atoms with van der Waals surface area (Å²) in [5.41, 5.74) is 0.462. The van der Waals surface area contributed by atoms with Crippen LogP contribution >= 0.6 is 0 Å². The van der Waals surface area contributed by atoms with Gasteiger partial charge in [0, 0.05) is 30.8 Å². The van der Waals surface area contributed by atoms with Crippen molar-refractivity contribution < 1.29 is 18.0 Å². The Bertz CT molecular complexity index is 916. The van der Waals surface area contributed by atoms with Gasteiger partial charge in [0.25, 0.3) is 0 Å². The third-order valence-electron chi connectivity index (χ3n) is 4.63. The van der Waals surface area contributed by atoms with E-state index in [9.17, 15) is 18.0 Å². The summed E-state index contributed by atoms with van der Waals surface area (Å²) in [7, 11) is 0. The first kappa shape index (κ1) is 19.8. The van der Waals surface area contributed by atoms with E-state index >= 15 is 0 Å². The van der Waals surface area contributed by atoms with Gasteiger partial charge < -0.3 is 4.90 Å². The van der Waals surface area contributed by atoms with Crippen LogP contribution < -0.4 is 0 Å². The number of alkyl halides is 3. The molecule has 0 unspecified atom stereocenters. The lowest BCUT2D eigenvalue weighted by molar-refractivity contribution is -0.137. The van der Waals surface area contributed by atoms with E-state index in [2.05, 4.69) is 9.97 Å². The van der Waals surface area contributed by atoms with Gasteiger partial charge in [-0.3, -0.25) is 4.79 Å². The minimum absolute atomic E-state index is 0.0237. The Labute approximate surface area is 160 Å². The standard InChI is InChI=1S/C20H19F3N4O/c1-2-27(19(28)13-3-4-13)12-14-11-15(20(21,22)23)5-6-17(14)18-25-10-8-16(26-18)7-9-24/h5-6,8,10-11,13H,2-4,7,12H2,1H3. The minimum Gasteiger partial charge on any atom is -0.338 e. The Balaban J connectivity index is 2.02. The van der Waals surface area contributed by atoms with E-state index in [1.807, 2.05) is 6.07 Å². The number of amides is 1. The fourth-order valence-corrected chi connectivity index (χ4v) is 2.96. The van der Waals surface area contributed by atoms with E-state index in [0.29, 0.717) is 23.4 Å². The Morgan fingerprint density at radius 2 is 2.07 bits per heavy atom. The smallest absolute Gasteiger partial charge is 0.338 e. The van der Waals surface area contributed by atoms with Crippen molar-refractivity contribution in [3.63, 3.8) is 0 Å². The lowest BCUT2D eigenvalue weighted by Gasteiger charge is -2.23. The van der Waals surface area contributed by atoms with Crippen LogP contribution in [0.4, 0.5) is 13.2 Å². The number of hydrogen-bond donors (Lipinski definition) is 0. The van der Waals surface area contributed by atoms with Gasteiger partial charge in [0.05, 0.1) is 23.7 Å².